The van der Waals surface area contributed by atoms with Crippen LogP contribution in [0.5, 0.6) is 0 Å². The second-order valence-corrected chi connectivity index (χ2v) is 5.79. The third-order valence-corrected chi connectivity index (χ3v) is 3.95. The molecule has 0 aliphatic rings. The summed E-state index contributed by atoms with van der Waals surface area (Å²) >= 11 is 6.12. The van der Waals surface area contributed by atoms with Gasteiger partial charge in [0.1, 0.15) is 17.8 Å². The maximum atomic E-state index is 12.5. The number of nitrogens with one attached hydrogen (secondary N) is 2. The molecule has 1 aromatic heterocycles. The summed E-state index contributed by atoms with van der Waals surface area (Å²) in [6.07, 6.45) is 1.26. The first-order chi connectivity index (χ1) is 13.1. The molecule has 27 heavy (non-hydrogen) atoms. The van der Waals surface area contributed by atoms with Gasteiger partial charge in [0.05, 0.1) is 29.1 Å². The normalized spacial score (nSPS) is 10.1. The van der Waals surface area contributed by atoms with Gasteiger partial charge in [0.15, 0.2) is 0 Å². The molecule has 0 saturated heterocycles. The summed E-state index contributed by atoms with van der Waals surface area (Å²) in [7, 11) is 1.28. The maximum Gasteiger partial charge on any atom is 0.339 e. The zero-order valence-electron chi connectivity index (χ0n) is 14.3. The topological polar surface area (TPSA) is 93.2 Å². The minimum Gasteiger partial charge on any atom is -0.465 e. The van der Waals surface area contributed by atoms with Crippen molar-refractivity contribution in [1.82, 2.24) is 9.97 Å². The highest BCUT2D eigenvalue weighted by molar-refractivity contribution is 6.33. The van der Waals surface area contributed by atoms with Crippen LogP contribution in [0.2, 0.25) is 5.02 Å². The number of hydrogen-bond acceptors (Lipinski definition) is 6. The molecule has 8 heteroatoms. The van der Waals surface area contributed by atoms with Gasteiger partial charge in [-0.2, -0.15) is 0 Å². The Morgan fingerprint density at radius 2 is 1.70 bits per heavy atom. The number of esters is 1. The molecule has 0 fully saturated rings. The van der Waals surface area contributed by atoms with Gasteiger partial charge in [0, 0.05) is 6.07 Å². The van der Waals surface area contributed by atoms with Gasteiger partial charge in [-0.3, -0.25) is 4.79 Å². The average molecular weight is 383 g/mol. The Morgan fingerprint density at radius 3 is 2.44 bits per heavy atom. The molecule has 2 aromatic carbocycles. The van der Waals surface area contributed by atoms with Gasteiger partial charge in [0.2, 0.25) is 0 Å². The minimum atomic E-state index is -0.547. The number of nitrogens with zero attached hydrogens (tertiary/aromatic N) is 2. The van der Waals surface area contributed by atoms with Crippen LogP contribution in [0.15, 0.2) is 60.9 Å². The van der Waals surface area contributed by atoms with E-state index < -0.39 is 11.9 Å². The SMILES string of the molecule is COC(=O)c1ccccc1NC(=O)c1cc(Nc2ccccc2Cl)ncn1. The van der Waals surface area contributed by atoms with Crippen LogP contribution < -0.4 is 10.6 Å². The number of aromatic nitrogens is 2. The van der Waals surface area contributed by atoms with Crippen molar-refractivity contribution in [2.24, 2.45) is 0 Å². The van der Waals surface area contributed by atoms with E-state index in [4.69, 9.17) is 16.3 Å². The number of methoxy groups -OCH3 is 1. The highest BCUT2D eigenvalue weighted by Gasteiger charge is 2.15. The number of rotatable bonds is 5. The predicted octanol–water partition coefficient (Wildman–Crippen LogP) is 3.91. The predicted molar refractivity (Wildman–Crippen MR) is 103 cm³/mol. The first kappa shape index (κ1) is 18.3. The van der Waals surface area contributed by atoms with Crippen molar-refractivity contribution in [3.05, 3.63) is 77.2 Å². The smallest absolute Gasteiger partial charge is 0.339 e. The second-order valence-electron chi connectivity index (χ2n) is 5.38. The quantitative estimate of drug-likeness (QED) is 0.650. The van der Waals surface area contributed by atoms with Crippen LogP contribution in [0.1, 0.15) is 20.8 Å². The van der Waals surface area contributed by atoms with Crippen LogP contribution in [0, 0.1) is 0 Å². The Balaban J connectivity index is 1.81. The number of benzene rings is 2. The number of para-hydroxylation sites is 2. The van der Waals surface area contributed by atoms with Gasteiger partial charge >= 0.3 is 5.97 Å². The third kappa shape index (κ3) is 4.39. The molecule has 0 aliphatic heterocycles. The Bertz CT molecular complexity index is 994. The fraction of sp³-hybridized carbons (Fsp3) is 0.0526. The van der Waals surface area contributed by atoms with E-state index in [0.29, 0.717) is 22.2 Å². The van der Waals surface area contributed by atoms with Crippen LogP contribution in [0.3, 0.4) is 0 Å². The number of carbonyl (C=O) groups is 2. The lowest BCUT2D eigenvalue weighted by Gasteiger charge is -2.10. The van der Waals surface area contributed by atoms with Gasteiger partial charge in [-0.25, -0.2) is 14.8 Å². The van der Waals surface area contributed by atoms with Crippen molar-refractivity contribution in [1.29, 1.82) is 0 Å². The summed E-state index contributed by atoms with van der Waals surface area (Å²) in [4.78, 5) is 32.4. The van der Waals surface area contributed by atoms with Gasteiger partial charge in [-0.15, -0.1) is 0 Å². The summed E-state index contributed by atoms with van der Waals surface area (Å²) in [5.41, 5.74) is 1.35. The van der Waals surface area contributed by atoms with Crippen molar-refractivity contribution >= 4 is 40.7 Å². The molecule has 0 aliphatic carbocycles. The van der Waals surface area contributed by atoms with E-state index >= 15 is 0 Å². The van der Waals surface area contributed by atoms with Crippen molar-refractivity contribution in [2.45, 2.75) is 0 Å². The lowest BCUT2D eigenvalue weighted by atomic mass is 10.1. The molecule has 1 amide bonds. The highest BCUT2D eigenvalue weighted by atomic mass is 35.5. The molecule has 7 nitrogen and oxygen atoms in total. The van der Waals surface area contributed by atoms with E-state index in [2.05, 4.69) is 20.6 Å². The van der Waals surface area contributed by atoms with Crippen molar-refractivity contribution in [3.63, 3.8) is 0 Å². The number of amides is 1. The van der Waals surface area contributed by atoms with Crippen LogP contribution in [-0.2, 0) is 4.74 Å². The van der Waals surface area contributed by atoms with E-state index in [9.17, 15) is 9.59 Å². The van der Waals surface area contributed by atoms with E-state index in [1.807, 2.05) is 12.1 Å². The Hall–Kier alpha value is -3.45. The van der Waals surface area contributed by atoms with Crippen molar-refractivity contribution in [3.8, 4) is 0 Å². The fourth-order valence-corrected chi connectivity index (χ4v) is 2.50. The van der Waals surface area contributed by atoms with Gasteiger partial charge < -0.3 is 15.4 Å². The molecule has 3 aromatic rings. The number of hydrogen-bond donors (Lipinski definition) is 2. The maximum absolute atomic E-state index is 12.5. The van der Waals surface area contributed by atoms with Crippen molar-refractivity contribution < 1.29 is 14.3 Å². The summed E-state index contributed by atoms with van der Waals surface area (Å²) in [6.45, 7) is 0. The van der Waals surface area contributed by atoms with E-state index in [0.717, 1.165) is 0 Å². The number of carbonyl (C=O) groups excluding carboxylic acids is 2. The van der Waals surface area contributed by atoms with Gasteiger partial charge in [-0.05, 0) is 24.3 Å². The summed E-state index contributed by atoms with van der Waals surface area (Å²) in [5.74, 6) is -0.630. The highest BCUT2D eigenvalue weighted by Crippen LogP contribution is 2.24. The van der Waals surface area contributed by atoms with E-state index in [1.165, 1.54) is 19.5 Å². The monoisotopic (exact) mass is 382 g/mol. The molecule has 136 valence electrons. The standard InChI is InChI=1S/C19H15ClN4O3/c1-27-19(26)12-6-2-4-8-14(12)24-18(25)16-10-17(22-11-21-16)23-15-9-5-3-7-13(15)20/h2-11H,1H3,(H,24,25)(H,21,22,23). The Labute approximate surface area is 160 Å². The molecule has 0 bridgehead atoms. The van der Waals surface area contributed by atoms with Crippen molar-refractivity contribution in [2.75, 3.05) is 17.7 Å². The minimum absolute atomic E-state index is 0.124. The molecular weight excluding hydrogens is 368 g/mol. The molecular formula is C19H15ClN4O3. The molecule has 0 spiro atoms. The van der Waals surface area contributed by atoms with Crippen LogP contribution in [0.4, 0.5) is 17.2 Å². The Kier molecular flexibility index (Phi) is 5.63. The van der Waals surface area contributed by atoms with Crippen LogP contribution in [-0.4, -0.2) is 29.0 Å². The summed E-state index contributed by atoms with van der Waals surface area (Å²) in [5, 5.41) is 6.22. The van der Waals surface area contributed by atoms with Gasteiger partial charge in [0.25, 0.3) is 5.91 Å². The largest absolute Gasteiger partial charge is 0.465 e. The van der Waals surface area contributed by atoms with Crippen LogP contribution >= 0.6 is 11.6 Å². The molecule has 1 heterocycles. The van der Waals surface area contributed by atoms with E-state index in [-0.39, 0.29) is 11.3 Å². The van der Waals surface area contributed by atoms with E-state index in [1.54, 1.807) is 36.4 Å². The average Bonchev–Trinajstić information content (AvgIpc) is 2.70. The molecule has 0 atom stereocenters. The molecule has 3 rings (SSSR count). The lowest BCUT2D eigenvalue weighted by molar-refractivity contribution is 0.0602. The zero-order valence-corrected chi connectivity index (χ0v) is 15.0. The third-order valence-electron chi connectivity index (χ3n) is 3.62. The number of halogens is 1. The van der Waals surface area contributed by atoms with Gasteiger partial charge in [-0.1, -0.05) is 35.9 Å². The molecule has 2 N–H and O–H groups in total. The first-order valence-electron chi connectivity index (χ1n) is 7.91. The Morgan fingerprint density at radius 1 is 1.00 bits per heavy atom. The number of ether oxygens (including phenoxy) is 1. The summed E-state index contributed by atoms with van der Waals surface area (Å²) in [6, 6.07) is 15.2. The second kappa shape index (κ2) is 8.29. The molecule has 0 saturated carbocycles. The number of anilines is 3. The molecule has 0 radical (unpaired) electrons. The molecule has 0 unspecified atom stereocenters. The fourth-order valence-electron chi connectivity index (χ4n) is 2.32. The summed E-state index contributed by atoms with van der Waals surface area (Å²) < 4.78 is 4.72. The zero-order chi connectivity index (χ0) is 19.2. The first-order valence-corrected chi connectivity index (χ1v) is 8.28. The van der Waals surface area contributed by atoms with Crippen LogP contribution in [0.25, 0.3) is 0 Å². The lowest BCUT2D eigenvalue weighted by Crippen LogP contribution is -2.17.